The predicted octanol–water partition coefficient (Wildman–Crippen LogP) is -5.05. The first kappa shape index (κ1) is 38.3. The van der Waals surface area contributed by atoms with Gasteiger partial charge < -0.3 is 86.5 Å². The van der Waals surface area contributed by atoms with Crippen molar-refractivity contribution in [1.29, 1.82) is 0 Å². The quantitative estimate of drug-likeness (QED) is 0.0580. The molecule has 3 fully saturated rings. The number of aliphatic hydroxyl groups is 8. The van der Waals surface area contributed by atoms with Gasteiger partial charge in [-0.25, -0.2) is 0 Å². The van der Waals surface area contributed by atoms with E-state index in [1.54, 1.807) is 0 Å². The van der Waals surface area contributed by atoms with E-state index in [4.69, 9.17) is 45.6 Å². The normalized spacial score (nSPS) is 44.1. The van der Waals surface area contributed by atoms with Gasteiger partial charge in [0.25, 0.3) is 5.79 Å². The van der Waals surface area contributed by atoms with Crippen LogP contribution in [0.5, 0.6) is 0 Å². The van der Waals surface area contributed by atoms with Crippen molar-refractivity contribution in [3.05, 3.63) is 0 Å². The second-order valence-corrected chi connectivity index (χ2v) is 11.8. The highest BCUT2D eigenvalue weighted by Gasteiger charge is 2.58. The monoisotopic (exact) mass is 657 g/mol. The zero-order valence-electron chi connectivity index (χ0n) is 25.3. The molecule has 264 valence electrons. The minimum absolute atomic E-state index is 0.0443. The molecule has 18 heteroatoms. The zero-order valence-corrected chi connectivity index (χ0v) is 25.3. The molecular formula is C27H51N3O15. The van der Waals surface area contributed by atoms with E-state index in [0.29, 0.717) is 6.42 Å². The topological polar surface area (TPSA) is 312 Å². The Bertz CT molecular complexity index is 905. The minimum atomic E-state index is -2.47. The van der Waals surface area contributed by atoms with Crippen LogP contribution in [0.15, 0.2) is 0 Å². The Morgan fingerprint density at radius 2 is 1.27 bits per heavy atom. The Morgan fingerprint density at radius 3 is 1.87 bits per heavy atom. The molecule has 0 aromatic rings. The molecule has 3 rings (SSSR count). The average Bonchev–Trinajstić information content (AvgIpc) is 3.03. The number of hydrogen-bond donors (Lipinski definition) is 11. The lowest BCUT2D eigenvalue weighted by Gasteiger charge is -2.50. The molecule has 0 aromatic heterocycles. The maximum Gasteiger partial charge on any atom is 0.308 e. The van der Waals surface area contributed by atoms with Crippen LogP contribution < -0.4 is 17.2 Å². The van der Waals surface area contributed by atoms with Gasteiger partial charge in [0.2, 0.25) is 0 Å². The zero-order chi connectivity index (χ0) is 33.5. The third kappa shape index (κ3) is 8.85. The smallest absolute Gasteiger partial charge is 0.308 e. The molecule has 0 radical (unpaired) electrons. The number of carbonyl (C=O) groups is 1. The lowest BCUT2D eigenvalue weighted by molar-refractivity contribution is -0.399. The van der Waals surface area contributed by atoms with Crippen LogP contribution in [-0.2, 0) is 33.2 Å². The molecule has 3 aliphatic rings. The number of nitrogens with two attached hydrogens (primary N) is 3. The SMILES string of the molecule is CCCCCCCCC(=O)O[C@@]1(CO)O[C@H](OC2[C@@H](CO)O[C@@H](OC3[C@@H](CO)O[C@@H](O)[C@H](N)[C@H]3O)[C@H](N)[C@H]2O)[C@H](N)[C@@H](O)[C@@H]1O. The van der Waals surface area contributed by atoms with Crippen molar-refractivity contribution in [3.8, 4) is 0 Å². The highest BCUT2D eigenvalue weighted by molar-refractivity contribution is 5.69. The lowest BCUT2D eigenvalue weighted by Crippen LogP contribution is -2.72. The summed E-state index contributed by atoms with van der Waals surface area (Å²) in [6.45, 7) is -0.476. The fourth-order valence-corrected chi connectivity index (χ4v) is 5.59. The molecule has 0 aliphatic carbocycles. The number of carbonyl (C=O) groups excluding carboxylic acids is 1. The molecule has 15 atom stereocenters. The van der Waals surface area contributed by atoms with Crippen LogP contribution in [0.2, 0.25) is 0 Å². The second kappa shape index (κ2) is 17.3. The highest BCUT2D eigenvalue weighted by Crippen LogP contribution is 2.35. The molecule has 3 aliphatic heterocycles. The fraction of sp³-hybridized carbons (Fsp3) is 0.963. The van der Waals surface area contributed by atoms with E-state index in [1.165, 1.54) is 0 Å². The Labute approximate surface area is 260 Å². The van der Waals surface area contributed by atoms with Crippen LogP contribution in [0.4, 0.5) is 0 Å². The fourth-order valence-electron chi connectivity index (χ4n) is 5.59. The molecule has 45 heavy (non-hydrogen) atoms. The van der Waals surface area contributed by atoms with Crippen LogP contribution in [0.25, 0.3) is 0 Å². The number of esters is 1. The second-order valence-electron chi connectivity index (χ2n) is 11.8. The van der Waals surface area contributed by atoms with E-state index in [9.17, 15) is 45.6 Å². The van der Waals surface area contributed by atoms with Crippen molar-refractivity contribution >= 4 is 5.97 Å². The van der Waals surface area contributed by atoms with Crippen molar-refractivity contribution < 1.29 is 74.1 Å². The summed E-state index contributed by atoms with van der Waals surface area (Å²) in [6.07, 6.45) is -12.1. The van der Waals surface area contributed by atoms with Gasteiger partial charge in [0.1, 0.15) is 55.4 Å². The van der Waals surface area contributed by atoms with Gasteiger partial charge in [0, 0.05) is 6.42 Å². The Hall–Kier alpha value is -1.17. The van der Waals surface area contributed by atoms with Crippen molar-refractivity contribution in [3.63, 3.8) is 0 Å². The third-order valence-corrected chi connectivity index (χ3v) is 8.44. The molecule has 0 bridgehead atoms. The van der Waals surface area contributed by atoms with Gasteiger partial charge >= 0.3 is 5.97 Å². The van der Waals surface area contributed by atoms with E-state index < -0.39 is 117 Å². The van der Waals surface area contributed by atoms with E-state index in [0.717, 1.165) is 32.1 Å². The number of hydrogen-bond acceptors (Lipinski definition) is 18. The highest BCUT2D eigenvalue weighted by atomic mass is 16.8. The van der Waals surface area contributed by atoms with E-state index in [-0.39, 0.29) is 6.42 Å². The predicted molar refractivity (Wildman–Crippen MR) is 150 cm³/mol. The Morgan fingerprint density at radius 1 is 0.733 bits per heavy atom. The maximum atomic E-state index is 12.6. The summed E-state index contributed by atoms with van der Waals surface area (Å²) in [5.41, 5.74) is 17.9. The summed E-state index contributed by atoms with van der Waals surface area (Å²) in [5.74, 6) is -3.28. The molecule has 0 aromatic carbocycles. The van der Waals surface area contributed by atoms with Crippen LogP contribution >= 0.6 is 0 Å². The van der Waals surface area contributed by atoms with E-state index in [1.807, 2.05) is 0 Å². The molecule has 0 saturated carbocycles. The largest absolute Gasteiger partial charge is 0.427 e. The molecule has 18 nitrogen and oxygen atoms in total. The van der Waals surface area contributed by atoms with Gasteiger partial charge in [-0.05, 0) is 6.42 Å². The van der Waals surface area contributed by atoms with E-state index >= 15 is 0 Å². The summed E-state index contributed by atoms with van der Waals surface area (Å²) in [4.78, 5) is 12.6. The number of ether oxygens (including phenoxy) is 6. The molecule has 2 unspecified atom stereocenters. The first-order valence-corrected chi connectivity index (χ1v) is 15.4. The summed E-state index contributed by atoms with van der Waals surface area (Å²) in [5, 5.41) is 82.7. The maximum absolute atomic E-state index is 12.6. The summed E-state index contributed by atoms with van der Waals surface area (Å²) in [6, 6.07) is -4.24. The standard InChI is InChI=1S/C27H51N3O15/c1-2-3-4-5-6-7-8-14(34)44-27(11-33)23(38)20(37)17(30)26(45-27)43-22-13(10-32)41-25(16(29)19(22)36)42-21-12(9-31)40-24(39)15(28)18(21)35/h12-13,15-26,31-33,35-39H,2-11,28-30H2,1H3/t12-,13-,15-,16-,17-,18-,19-,20-,21?,22?,23+,24-,25+,26+,27+/m1/s1. The molecule has 14 N–H and O–H groups in total. The lowest BCUT2D eigenvalue weighted by atomic mass is 9.93. The Kier molecular flexibility index (Phi) is 14.7. The van der Waals surface area contributed by atoms with Crippen molar-refractivity contribution in [2.45, 2.75) is 143 Å². The van der Waals surface area contributed by atoms with Crippen LogP contribution in [0, 0.1) is 0 Å². The molecule has 3 heterocycles. The van der Waals surface area contributed by atoms with Gasteiger partial charge in [0.05, 0.1) is 31.3 Å². The van der Waals surface area contributed by atoms with Crippen molar-refractivity contribution in [2.75, 3.05) is 19.8 Å². The minimum Gasteiger partial charge on any atom is -0.427 e. The van der Waals surface area contributed by atoms with Crippen LogP contribution in [-0.4, -0.2) is 158 Å². The van der Waals surface area contributed by atoms with Crippen LogP contribution in [0.1, 0.15) is 51.9 Å². The first-order chi connectivity index (χ1) is 21.3. The average molecular weight is 658 g/mol. The molecule has 0 spiro atoms. The van der Waals surface area contributed by atoms with Crippen LogP contribution in [0.3, 0.4) is 0 Å². The molecule has 3 saturated heterocycles. The third-order valence-electron chi connectivity index (χ3n) is 8.44. The Balaban J connectivity index is 1.70. The van der Waals surface area contributed by atoms with Gasteiger partial charge in [-0.1, -0.05) is 39.0 Å². The van der Waals surface area contributed by atoms with Crippen molar-refractivity contribution in [2.24, 2.45) is 17.2 Å². The summed E-state index contributed by atoms with van der Waals surface area (Å²) < 4.78 is 33.4. The van der Waals surface area contributed by atoms with Gasteiger partial charge in [-0.3, -0.25) is 4.79 Å². The van der Waals surface area contributed by atoms with E-state index in [2.05, 4.69) is 6.92 Å². The summed E-state index contributed by atoms with van der Waals surface area (Å²) >= 11 is 0. The number of aliphatic hydroxyl groups excluding tert-OH is 8. The molecule has 0 amide bonds. The van der Waals surface area contributed by atoms with Gasteiger partial charge in [-0.15, -0.1) is 0 Å². The summed E-state index contributed by atoms with van der Waals surface area (Å²) in [7, 11) is 0. The number of rotatable bonds is 15. The number of unbranched alkanes of at least 4 members (excludes halogenated alkanes) is 5. The first-order valence-electron chi connectivity index (χ1n) is 15.4. The molecular weight excluding hydrogens is 606 g/mol. The van der Waals surface area contributed by atoms with Crippen molar-refractivity contribution in [1.82, 2.24) is 0 Å². The van der Waals surface area contributed by atoms with Gasteiger partial charge in [-0.2, -0.15) is 0 Å². The van der Waals surface area contributed by atoms with Gasteiger partial charge in [0.15, 0.2) is 18.9 Å².